The van der Waals surface area contributed by atoms with E-state index in [0.717, 1.165) is 42.9 Å². The number of aromatic nitrogens is 2. The van der Waals surface area contributed by atoms with Gasteiger partial charge in [-0.1, -0.05) is 25.7 Å². The van der Waals surface area contributed by atoms with Gasteiger partial charge in [-0.2, -0.15) is 0 Å². The van der Waals surface area contributed by atoms with Crippen LogP contribution in [-0.2, 0) is 21.6 Å². The predicted molar refractivity (Wildman–Crippen MR) is 79.2 cm³/mol. The van der Waals surface area contributed by atoms with E-state index >= 15 is 0 Å². The van der Waals surface area contributed by atoms with Gasteiger partial charge >= 0.3 is 5.97 Å². The Morgan fingerprint density at radius 1 is 1.14 bits per heavy atom. The molecule has 0 bridgehead atoms. The molecular formula is C16H24N2O3. The third-order valence-electron chi connectivity index (χ3n) is 4.46. The monoisotopic (exact) mass is 292 g/mol. The van der Waals surface area contributed by atoms with Crippen LogP contribution in [0.4, 0.5) is 0 Å². The van der Waals surface area contributed by atoms with Crippen LogP contribution in [0.5, 0.6) is 0 Å². The minimum atomic E-state index is -0.853. The summed E-state index contributed by atoms with van der Waals surface area (Å²) in [6, 6.07) is 0. The second-order valence-corrected chi connectivity index (χ2v) is 5.88. The molecule has 0 amide bonds. The lowest BCUT2D eigenvalue weighted by atomic mass is 9.92. The van der Waals surface area contributed by atoms with Gasteiger partial charge in [-0.05, 0) is 26.7 Å². The van der Waals surface area contributed by atoms with E-state index in [0.29, 0.717) is 5.56 Å². The lowest BCUT2D eigenvalue weighted by Crippen LogP contribution is -2.31. The Bertz CT molecular complexity index is 497. The Labute approximate surface area is 125 Å². The second-order valence-electron chi connectivity index (χ2n) is 5.88. The van der Waals surface area contributed by atoms with Crippen molar-refractivity contribution in [2.24, 2.45) is 0 Å². The first-order chi connectivity index (χ1) is 9.98. The average molecular weight is 292 g/mol. The van der Waals surface area contributed by atoms with Crippen LogP contribution in [0.1, 0.15) is 61.3 Å². The molecule has 1 aromatic heterocycles. The maximum absolute atomic E-state index is 10.9. The summed E-state index contributed by atoms with van der Waals surface area (Å²) in [7, 11) is 1.73. The maximum atomic E-state index is 10.9. The lowest BCUT2D eigenvalue weighted by molar-refractivity contribution is -0.136. The highest BCUT2D eigenvalue weighted by atomic mass is 16.5. The molecule has 5 nitrogen and oxygen atoms in total. The normalized spacial score (nSPS) is 18.2. The lowest BCUT2D eigenvalue weighted by Gasteiger charge is -2.30. The van der Waals surface area contributed by atoms with Gasteiger partial charge in [0.05, 0.1) is 6.42 Å². The molecular weight excluding hydrogens is 268 g/mol. The average Bonchev–Trinajstić information content (AvgIpc) is 2.68. The number of methoxy groups -OCH3 is 1. The minimum absolute atomic E-state index is 0.0298. The van der Waals surface area contributed by atoms with Crippen molar-refractivity contribution in [2.45, 2.75) is 64.4 Å². The molecule has 0 spiro atoms. The molecule has 1 aliphatic rings. The van der Waals surface area contributed by atoms with Gasteiger partial charge in [-0.15, -0.1) is 0 Å². The van der Waals surface area contributed by atoms with E-state index in [-0.39, 0.29) is 6.42 Å². The van der Waals surface area contributed by atoms with Crippen LogP contribution in [0.3, 0.4) is 0 Å². The van der Waals surface area contributed by atoms with Crippen molar-refractivity contribution in [3.63, 3.8) is 0 Å². The van der Waals surface area contributed by atoms with Crippen LogP contribution in [0, 0.1) is 13.8 Å². The summed E-state index contributed by atoms with van der Waals surface area (Å²) in [5.74, 6) is -0.135. The van der Waals surface area contributed by atoms with Gasteiger partial charge in [0.2, 0.25) is 0 Å². The number of carbonyl (C=O) groups is 1. The molecule has 0 atom stereocenters. The zero-order valence-corrected chi connectivity index (χ0v) is 13.1. The van der Waals surface area contributed by atoms with Gasteiger partial charge in [0, 0.05) is 24.1 Å². The largest absolute Gasteiger partial charge is 0.481 e. The highest BCUT2D eigenvalue weighted by molar-refractivity contribution is 5.70. The third kappa shape index (κ3) is 3.40. The molecule has 0 aliphatic heterocycles. The molecule has 116 valence electrons. The van der Waals surface area contributed by atoms with Crippen LogP contribution < -0.4 is 0 Å². The number of ether oxygens (including phenoxy) is 1. The Morgan fingerprint density at radius 3 is 2.10 bits per heavy atom. The summed E-state index contributed by atoms with van der Waals surface area (Å²) in [5.41, 5.74) is 1.81. The number of aliphatic carboxylic acids is 1. The number of carboxylic acid groups (broad SMARTS) is 1. The number of aryl methyl sites for hydroxylation is 2. The van der Waals surface area contributed by atoms with Crippen molar-refractivity contribution >= 4 is 5.97 Å². The first-order valence-electron chi connectivity index (χ1n) is 7.60. The standard InChI is InChI=1S/C16H24N2O3/c1-11-13(10-14(19)20)12(2)18-15(17-11)16(21-3)8-6-4-5-7-9-16/h4-10H2,1-3H3,(H,19,20). The fourth-order valence-electron chi connectivity index (χ4n) is 3.17. The van der Waals surface area contributed by atoms with E-state index < -0.39 is 11.6 Å². The molecule has 1 aliphatic carbocycles. The van der Waals surface area contributed by atoms with E-state index in [4.69, 9.17) is 9.84 Å². The molecule has 1 N–H and O–H groups in total. The van der Waals surface area contributed by atoms with Crippen molar-refractivity contribution in [1.82, 2.24) is 9.97 Å². The fourth-order valence-corrected chi connectivity index (χ4v) is 3.17. The highest BCUT2D eigenvalue weighted by Gasteiger charge is 2.36. The van der Waals surface area contributed by atoms with E-state index in [1.165, 1.54) is 12.8 Å². The number of carboxylic acids is 1. The van der Waals surface area contributed by atoms with Crippen molar-refractivity contribution in [3.8, 4) is 0 Å². The van der Waals surface area contributed by atoms with Crippen LogP contribution in [0.15, 0.2) is 0 Å². The fraction of sp³-hybridized carbons (Fsp3) is 0.688. The molecule has 1 aromatic rings. The van der Waals surface area contributed by atoms with Crippen molar-refractivity contribution in [1.29, 1.82) is 0 Å². The Morgan fingerprint density at radius 2 is 1.67 bits per heavy atom. The first kappa shape index (κ1) is 15.9. The molecule has 2 rings (SSSR count). The first-order valence-corrected chi connectivity index (χ1v) is 7.60. The Balaban J connectivity index is 2.40. The van der Waals surface area contributed by atoms with Crippen molar-refractivity contribution < 1.29 is 14.6 Å². The van der Waals surface area contributed by atoms with Gasteiger partial charge in [0.15, 0.2) is 5.82 Å². The summed E-state index contributed by atoms with van der Waals surface area (Å²) in [6.07, 6.45) is 6.51. The highest BCUT2D eigenvalue weighted by Crippen LogP contribution is 2.37. The number of hydrogen-bond acceptors (Lipinski definition) is 4. The van der Waals surface area contributed by atoms with E-state index in [1.54, 1.807) is 7.11 Å². The van der Waals surface area contributed by atoms with Crippen LogP contribution in [-0.4, -0.2) is 28.2 Å². The van der Waals surface area contributed by atoms with Crippen molar-refractivity contribution in [2.75, 3.05) is 7.11 Å². The van der Waals surface area contributed by atoms with Gasteiger partial charge in [0.1, 0.15) is 5.60 Å². The summed E-state index contributed by atoms with van der Waals surface area (Å²) >= 11 is 0. The molecule has 21 heavy (non-hydrogen) atoms. The maximum Gasteiger partial charge on any atom is 0.307 e. The topological polar surface area (TPSA) is 72.3 Å². The molecule has 0 saturated heterocycles. The molecule has 1 heterocycles. The zero-order chi connectivity index (χ0) is 15.5. The van der Waals surface area contributed by atoms with E-state index in [1.807, 2.05) is 13.8 Å². The van der Waals surface area contributed by atoms with Gasteiger partial charge in [-0.25, -0.2) is 9.97 Å². The van der Waals surface area contributed by atoms with Crippen LogP contribution >= 0.6 is 0 Å². The van der Waals surface area contributed by atoms with Crippen LogP contribution in [0.2, 0.25) is 0 Å². The molecule has 0 aromatic carbocycles. The molecule has 0 radical (unpaired) electrons. The van der Waals surface area contributed by atoms with Gasteiger partial charge in [0.25, 0.3) is 0 Å². The summed E-state index contributed by atoms with van der Waals surface area (Å²) in [6.45, 7) is 3.72. The van der Waals surface area contributed by atoms with Crippen LogP contribution in [0.25, 0.3) is 0 Å². The predicted octanol–water partition coefficient (Wildman–Crippen LogP) is 2.92. The minimum Gasteiger partial charge on any atom is -0.481 e. The van der Waals surface area contributed by atoms with Gasteiger partial charge in [-0.3, -0.25) is 4.79 Å². The SMILES string of the molecule is COC1(c2nc(C)c(CC(=O)O)c(C)n2)CCCCCC1. The quantitative estimate of drug-likeness (QED) is 0.864. The van der Waals surface area contributed by atoms with E-state index in [2.05, 4.69) is 9.97 Å². The summed E-state index contributed by atoms with van der Waals surface area (Å²) < 4.78 is 5.83. The van der Waals surface area contributed by atoms with Crippen molar-refractivity contribution in [3.05, 3.63) is 22.8 Å². The number of rotatable bonds is 4. The van der Waals surface area contributed by atoms with E-state index in [9.17, 15) is 4.79 Å². The summed E-state index contributed by atoms with van der Waals surface area (Å²) in [5, 5.41) is 8.99. The Kier molecular flexibility index (Phi) is 4.93. The third-order valence-corrected chi connectivity index (χ3v) is 4.46. The summed E-state index contributed by atoms with van der Waals surface area (Å²) in [4.78, 5) is 20.1. The molecule has 1 fully saturated rings. The molecule has 0 unspecified atom stereocenters. The smallest absolute Gasteiger partial charge is 0.307 e. The Hall–Kier alpha value is -1.49. The second kappa shape index (κ2) is 6.52. The molecule has 5 heteroatoms. The number of nitrogens with zero attached hydrogens (tertiary/aromatic N) is 2. The zero-order valence-electron chi connectivity index (χ0n) is 13.1. The van der Waals surface area contributed by atoms with Gasteiger partial charge < -0.3 is 9.84 Å². The molecule has 1 saturated carbocycles. The number of hydrogen-bond donors (Lipinski definition) is 1.